The van der Waals surface area contributed by atoms with E-state index in [2.05, 4.69) is 15.0 Å². The summed E-state index contributed by atoms with van der Waals surface area (Å²) in [6, 6.07) is 5.98. The fourth-order valence-electron chi connectivity index (χ4n) is 1.34. The topological polar surface area (TPSA) is 107 Å². The maximum atomic E-state index is 10.5. The summed E-state index contributed by atoms with van der Waals surface area (Å²) in [4.78, 5) is 10.0. The van der Waals surface area contributed by atoms with Gasteiger partial charge in [0, 0.05) is 18.2 Å². The summed E-state index contributed by atoms with van der Waals surface area (Å²) in [5, 5.41) is 17.2. The smallest absolute Gasteiger partial charge is 0.271 e. The lowest BCUT2D eigenvalue weighted by Gasteiger charge is -2.06. The van der Waals surface area contributed by atoms with E-state index >= 15 is 0 Å². The number of nitrogens with one attached hydrogen (secondary N) is 1. The zero-order valence-corrected chi connectivity index (χ0v) is 8.79. The van der Waals surface area contributed by atoms with Gasteiger partial charge < -0.3 is 15.6 Å². The molecule has 0 saturated heterocycles. The molecule has 0 aliphatic carbocycles. The van der Waals surface area contributed by atoms with E-state index < -0.39 is 4.92 Å². The molecule has 7 nitrogen and oxygen atoms in total. The second-order valence-electron chi connectivity index (χ2n) is 3.37. The number of nitrogen functional groups attached to an aromatic ring is 1. The lowest BCUT2D eigenvalue weighted by atomic mass is 10.2. The van der Waals surface area contributed by atoms with Crippen LogP contribution in [0.25, 0.3) is 0 Å². The molecular formula is C10H10N4O3. The van der Waals surface area contributed by atoms with Crippen LogP contribution < -0.4 is 11.1 Å². The van der Waals surface area contributed by atoms with Crippen LogP contribution in [0.4, 0.5) is 17.1 Å². The summed E-state index contributed by atoms with van der Waals surface area (Å²) >= 11 is 0. The second-order valence-corrected chi connectivity index (χ2v) is 3.37. The van der Waals surface area contributed by atoms with Crippen molar-refractivity contribution in [3.8, 4) is 0 Å². The first kappa shape index (κ1) is 10.9. The third-order valence-electron chi connectivity index (χ3n) is 2.20. The van der Waals surface area contributed by atoms with Gasteiger partial charge in [-0.1, -0.05) is 5.16 Å². The number of nitro benzene ring substituents is 1. The lowest BCUT2D eigenvalue weighted by Crippen LogP contribution is -2.03. The number of hydrogen-bond acceptors (Lipinski definition) is 6. The molecule has 0 atom stereocenters. The van der Waals surface area contributed by atoms with E-state index in [4.69, 9.17) is 5.73 Å². The molecule has 0 aliphatic rings. The maximum absolute atomic E-state index is 10.5. The fraction of sp³-hybridized carbons (Fsp3) is 0.100. The van der Waals surface area contributed by atoms with Gasteiger partial charge in [-0.3, -0.25) is 10.1 Å². The first-order chi connectivity index (χ1) is 8.16. The summed E-state index contributed by atoms with van der Waals surface area (Å²) in [6.07, 6.45) is 1.47. The fourth-order valence-corrected chi connectivity index (χ4v) is 1.34. The number of hydrogen-bond donors (Lipinski definition) is 2. The van der Waals surface area contributed by atoms with Gasteiger partial charge in [-0.15, -0.1) is 0 Å². The molecule has 0 aliphatic heterocycles. The van der Waals surface area contributed by atoms with Gasteiger partial charge in [0.25, 0.3) is 5.69 Å². The van der Waals surface area contributed by atoms with Crippen molar-refractivity contribution in [2.75, 3.05) is 11.1 Å². The van der Waals surface area contributed by atoms with Crippen molar-refractivity contribution < 1.29 is 9.45 Å². The first-order valence-electron chi connectivity index (χ1n) is 4.84. The van der Waals surface area contributed by atoms with Crippen LogP contribution in [-0.4, -0.2) is 10.1 Å². The molecule has 88 valence electrons. The minimum Gasteiger partial charge on any atom is -0.397 e. The van der Waals surface area contributed by atoms with Gasteiger partial charge >= 0.3 is 0 Å². The highest BCUT2D eigenvalue weighted by molar-refractivity contribution is 5.69. The molecule has 2 aromatic rings. The average Bonchev–Trinajstić information content (AvgIpc) is 2.80. The summed E-state index contributed by atoms with van der Waals surface area (Å²) in [6.45, 7) is 0.443. The second kappa shape index (κ2) is 4.52. The predicted octanol–water partition coefficient (Wildman–Crippen LogP) is 1.78. The van der Waals surface area contributed by atoms with Crippen LogP contribution in [-0.2, 0) is 6.54 Å². The Bertz CT molecular complexity index is 524. The summed E-state index contributed by atoms with van der Waals surface area (Å²) in [5.41, 5.74) is 7.33. The number of nitrogens with two attached hydrogens (primary N) is 1. The number of nitrogens with zero attached hydrogens (tertiary/aromatic N) is 2. The van der Waals surface area contributed by atoms with Crippen molar-refractivity contribution >= 4 is 17.1 Å². The van der Waals surface area contributed by atoms with Crippen molar-refractivity contribution in [3.63, 3.8) is 0 Å². The summed E-state index contributed by atoms with van der Waals surface area (Å²) in [5.74, 6) is 0. The van der Waals surface area contributed by atoms with E-state index in [0.29, 0.717) is 17.9 Å². The quantitative estimate of drug-likeness (QED) is 0.474. The van der Waals surface area contributed by atoms with Gasteiger partial charge in [0.15, 0.2) is 0 Å². The number of benzene rings is 1. The normalized spacial score (nSPS) is 10.1. The zero-order valence-electron chi connectivity index (χ0n) is 8.79. The van der Waals surface area contributed by atoms with Crippen molar-refractivity contribution in [3.05, 3.63) is 46.3 Å². The Morgan fingerprint density at radius 3 is 2.88 bits per heavy atom. The monoisotopic (exact) mass is 234 g/mol. The first-order valence-corrected chi connectivity index (χ1v) is 4.84. The number of non-ortho nitro benzene ring substituents is 1. The molecule has 7 heteroatoms. The maximum Gasteiger partial charge on any atom is 0.271 e. The van der Waals surface area contributed by atoms with E-state index in [-0.39, 0.29) is 5.69 Å². The van der Waals surface area contributed by atoms with E-state index in [9.17, 15) is 10.1 Å². The predicted molar refractivity (Wildman–Crippen MR) is 61.3 cm³/mol. The van der Waals surface area contributed by atoms with Crippen molar-refractivity contribution in [1.82, 2.24) is 5.16 Å². The lowest BCUT2D eigenvalue weighted by molar-refractivity contribution is -0.384. The molecule has 0 radical (unpaired) electrons. The van der Waals surface area contributed by atoms with E-state index in [1.54, 1.807) is 12.1 Å². The minimum atomic E-state index is -0.488. The Morgan fingerprint density at radius 2 is 2.29 bits per heavy atom. The third-order valence-corrected chi connectivity index (χ3v) is 2.20. The molecule has 0 fully saturated rings. The van der Waals surface area contributed by atoms with E-state index in [1.165, 1.54) is 18.4 Å². The summed E-state index contributed by atoms with van der Waals surface area (Å²) in [7, 11) is 0. The number of anilines is 2. The highest BCUT2D eigenvalue weighted by Gasteiger charge is 2.08. The molecule has 0 saturated carbocycles. The van der Waals surface area contributed by atoms with Gasteiger partial charge in [0.1, 0.15) is 12.0 Å². The molecule has 0 spiro atoms. The molecule has 1 aromatic carbocycles. The van der Waals surface area contributed by atoms with E-state index in [0.717, 1.165) is 5.69 Å². The van der Waals surface area contributed by atoms with Gasteiger partial charge in [-0.25, -0.2) is 0 Å². The van der Waals surface area contributed by atoms with Gasteiger partial charge in [0.2, 0.25) is 0 Å². The molecule has 0 unspecified atom stereocenters. The third kappa shape index (κ3) is 2.51. The highest BCUT2D eigenvalue weighted by atomic mass is 16.6. The number of rotatable bonds is 4. The highest BCUT2D eigenvalue weighted by Crippen LogP contribution is 2.24. The summed E-state index contributed by atoms with van der Waals surface area (Å²) < 4.78 is 4.67. The van der Waals surface area contributed by atoms with Crippen molar-refractivity contribution in [2.45, 2.75) is 6.54 Å². The van der Waals surface area contributed by atoms with Crippen LogP contribution in [0.15, 0.2) is 35.1 Å². The van der Waals surface area contributed by atoms with Crippen molar-refractivity contribution in [1.29, 1.82) is 0 Å². The van der Waals surface area contributed by atoms with Crippen LogP contribution in [0.5, 0.6) is 0 Å². The van der Waals surface area contributed by atoms with Crippen LogP contribution in [0, 0.1) is 10.1 Å². The minimum absolute atomic E-state index is 0.0329. The van der Waals surface area contributed by atoms with Gasteiger partial charge in [0.05, 0.1) is 22.8 Å². The molecule has 0 amide bonds. The Morgan fingerprint density at radius 1 is 1.47 bits per heavy atom. The molecule has 2 rings (SSSR count). The Balaban J connectivity index is 2.09. The van der Waals surface area contributed by atoms with Gasteiger partial charge in [-0.05, 0) is 6.07 Å². The molecule has 17 heavy (non-hydrogen) atoms. The standard InChI is InChI=1S/C10H10N4O3/c11-9-5-8(14(15)16)1-2-10(9)12-6-7-3-4-17-13-7/h1-5,12H,6,11H2. The average molecular weight is 234 g/mol. The zero-order chi connectivity index (χ0) is 12.3. The molecular weight excluding hydrogens is 224 g/mol. The molecule has 0 bridgehead atoms. The largest absolute Gasteiger partial charge is 0.397 e. The Hall–Kier alpha value is -2.57. The molecule has 3 N–H and O–H groups in total. The number of aromatic nitrogens is 1. The van der Waals surface area contributed by atoms with Crippen molar-refractivity contribution in [2.24, 2.45) is 0 Å². The Kier molecular flexibility index (Phi) is 2.91. The Labute approximate surface area is 96.4 Å². The van der Waals surface area contributed by atoms with Crippen LogP contribution in [0.3, 0.4) is 0 Å². The van der Waals surface area contributed by atoms with E-state index in [1.807, 2.05) is 0 Å². The van der Waals surface area contributed by atoms with Gasteiger partial charge in [-0.2, -0.15) is 0 Å². The van der Waals surface area contributed by atoms with Crippen LogP contribution in [0.2, 0.25) is 0 Å². The molecule has 1 aromatic heterocycles. The van der Waals surface area contributed by atoms with Crippen LogP contribution in [0.1, 0.15) is 5.69 Å². The SMILES string of the molecule is Nc1cc([N+](=O)[O-])ccc1NCc1ccon1. The van der Waals surface area contributed by atoms with Crippen LogP contribution >= 0.6 is 0 Å². The molecule has 1 heterocycles. The number of nitro groups is 1.